The third kappa shape index (κ3) is 18.5. The van der Waals surface area contributed by atoms with Crippen LogP contribution in [0.3, 0.4) is 0 Å². The molecule has 0 saturated heterocycles. The van der Waals surface area contributed by atoms with E-state index in [1.54, 1.807) is 0 Å². The Hall–Kier alpha value is -2.51. The molecule has 82 heavy (non-hydrogen) atoms. The summed E-state index contributed by atoms with van der Waals surface area (Å²) in [6.07, 6.45) is 42.0. The lowest BCUT2D eigenvalue weighted by molar-refractivity contribution is 0.297. The topological polar surface area (TPSA) is 27.7 Å². The summed E-state index contributed by atoms with van der Waals surface area (Å²) >= 11 is 0. The average molecular weight is 1150 g/mol. The van der Waals surface area contributed by atoms with Crippen LogP contribution in [0.1, 0.15) is 389 Å². The van der Waals surface area contributed by atoms with Gasteiger partial charge in [0.05, 0.1) is 0 Å². The molecular weight excluding hydrogens is 1020 g/mol. The summed E-state index contributed by atoms with van der Waals surface area (Å²) in [5.41, 5.74) is 9.09. The van der Waals surface area contributed by atoms with Crippen molar-refractivity contribution in [2.75, 3.05) is 0 Å². The second-order valence-corrected chi connectivity index (χ2v) is 27.8. The average Bonchev–Trinajstić information content (AvgIpc) is 3.61. The van der Waals surface area contributed by atoms with Gasteiger partial charge in [0, 0.05) is 16.7 Å². The maximum absolute atomic E-state index is 7.99. The molecular formula is C78H135O3P. The van der Waals surface area contributed by atoms with E-state index in [1.807, 2.05) is 0 Å². The van der Waals surface area contributed by atoms with Gasteiger partial charge in [-0.3, -0.25) is 0 Å². The zero-order valence-corrected chi connectivity index (χ0v) is 58.7. The molecule has 0 saturated carbocycles. The predicted octanol–water partition coefficient (Wildman–Crippen LogP) is 27.3. The Morgan fingerprint density at radius 1 is 0.220 bits per heavy atom. The van der Waals surface area contributed by atoms with Gasteiger partial charge in [-0.2, -0.15) is 0 Å². The van der Waals surface area contributed by atoms with Gasteiger partial charge < -0.3 is 13.6 Å². The quantitative estimate of drug-likeness (QED) is 0.0528. The highest BCUT2D eigenvalue weighted by Gasteiger charge is 2.42. The lowest BCUT2D eigenvalue weighted by Gasteiger charge is -2.40. The lowest BCUT2D eigenvalue weighted by atomic mass is 9.66. The Balaban J connectivity index is 2.80. The molecule has 3 aromatic rings. The molecule has 0 radical (unpaired) electrons. The molecule has 4 heteroatoms. The molecule has 0 aromatic heterocycles. The van der Waals surface area contributed by atoms with Crippen molar-refractivity contribution in [2.45, 2.75) is 388 Å². The summed E-state index contributed by atoms with van der Waals surface area (Å²) in [4.78, 5) is 0. The van der Waals surface area contributed by atoms with E-state index in [2.05, 4.69) is 179 Å². The van der Waals surface area contributed by atoms with Gasteiger partial charge >= 0.3 is 8.60 Å². The molecule has 0 amide bonds. The van der Waals surface area contributed by atoms with Crippen molar-refractivity contribution in [1.29, 1.82) is 0 Å². The van der Waals surface area contributed by atoms with E-state index in [4.69, 9.17) is 13.6 Å². The molecule has 0 aliphatic rings. The van der Waals surface area contributed by atoms with Gasteiger partial charge in [0.15, 0.2) is 0 Å². The van der Waals surface area contributed by atoms with Crippen LogP contribution in [-0.4, -0.2) is 0 Å². The van der Waals surface area contributed by atoms with Crippen LogP contribution in [0.4, 0.5) is 0 Å². The molecule has 0 bridgehead atoms. The largest absolute Gasteiger partial charge is 0.530 e. The van der Waals surface area contributed by atoms with Crippen LogP contribution in [-0.2, 0) is 32.5 Å². The SMILES string of the molecule is CCCC(CCC)(CCC)c1ccc(OP(Oc2ccc(C(CCC)(CCC)CCC)cc2C(CCC)(CCC)CCC)Oc2ccc(C(CCC)(CCC)CCC)cc2C(CCC)(CCC)CCC)c(C(CCC)(CCC)CCC)c1. The van der Waals surface area contributed by atoms with E-state index in [-0.39, 0.29) is 32.5 Å². The molecule has 0 atom stereocenters. The molecule has 0 spiro atoms. The van der Waals surface area contributed by atoms with Crippen molar-refractivity contribution in [3.05, 3.63) is 88.0 Å². The Morgan fingerprint density at radius 2 is 0.366 bits per heavy atom. The Labute approximate surface area is 513 Å². The van der Waals surface area contributed by atoms with Crippen LogP contribution in [0.25, 0.3) is 0 Å². The van der Waals surface area contributed by atoms with Crippen LogP contribution in [0.15, 0.2) is 54.6 Å². The summed E-state index contributed by atoms with van der Waals surface area (Å²) in [6.45, 7) is 43.3. The van der Waals surface area contributed by atoms with Crippen molar-refractivity contribution in [3.8, 4) is 17.2 Å². The van der Waals surface area contributed by atoms with E-state index in [0.717, 1.165) is 133 Å². The number of hydrogen-bond acceptors (Lipinski definition) is 3. The van der Waals surface area contributed by atoms with Gasteiger partial charge in [-0.25, -0.2) is 0 Å². The zero-order chi connectivity index (χ0) is 60.7. The highest BCUT2D eigenvalue weighted by atomic mass is 31.2. The van der Waals surface area contributed by atoms with Gasteiger partial charge in [0.1, 0.15) is 17.2 Å². The fourth-order valence-corrected chi connectivity index (χ4v) is 18.8. The first kappa shape index (κ1) is 73.7. The van der Waals surface area contributed by atoms with Gasteiger partial charge in [-0.05, 0) is 183 Å². The van der Waals surface area contributed by atoms with Crippen LogP contribution in [0, 0.1) is 0 Å². The van der Waals surface area contributed by atoms with Gasteiger partial charge in [0.25, 0.3) is 0 Å². The van der Waals surface area contributed by atoms with Crippen molar-refractivity contribution in [2.24, 2.45) is 0 Å². The third-order valence-corrected chi connectivity index (χ3v) is 21.2. The van der Waals surface area contributed by atoms with E-state index >= 15 is 0 Å². The summed E-state index contributed by atoms with van der Waals surface area (Å²) in [5.74, 6) is 2.93. The molecule has 3 rings (SSSR count). The predicted molar refractivity (Wildman–Crippen MR) is 367 cm³/mol. The first-order valence-electron chi connectivity index (χ1n) is 36.0. The van der Waals surface area contributed by atoms with Crippen LogP contribution < -0.4 is 13.6 Å². The third-order valence-electron chi connectivity index (χ3n) is 20.1. The standard InChI is InChI=1S/C78H135O3P/c1-19-43-73(44-20-2,45-21-3)64-37-40-70(67(61-64)76(52-28-10,53-29-11)54-30-12)79-82(80-71-41-38-65(74(46-22-4,47-23-5)48-24-6)62-68(71)77(55-31-13,56-32-14)57-33-15)81-72-42-39-66(75(49-25-7,50-26-8)51-27-9)63-69(72)78(58-34-16,59-35-17)60-36-18/h37-42,61-63H,19-36,43-60H2,1-18H3. The first-order chi connectivity index (χ1) is 39.7. The maximum atomic E-state index is 7.99. The second-order valence-electron chi connectivity index (χ2n) is 26.8. The monoisotopic (exact) mass is 1150 g/mol. The fraction of sp³-hybridized carbons (Fsp3) is 0.769. The maximum Gasteiger partial charge on any atom is 0.530 e. The minimum Gasteiger partial charge on any atom is -0.408 e. The summed E-state index contributed by atoms with van der Waals surface area (Å²) < 4.78 is 24.0. The minimum absolute atomic E-state index is 0.0278. The number of rotatable bonds is 48. The molecule has 3 aromatic carbocycles. The van der Waals surface area contributed by atoms with E-state index < -0.39 is 8.60 Å². The summed E-state index contributed by atoms with van der Waals surface area (Å²) in [5, 5.41) is 0. The molecule has 0 aliphatic heterocycles. The Kier molecular flexibility index (Phi) is 34.1. The van der Waals surface area contributed by atoms with Crippen LogP contribution >= 0.6 is 8.60 Å². The van der Waals surface area contributed by atoms with Crippen molar-refractivity contribution in [3.63, 3.8) is 0 Å². The van der Waals surface area contributed by atoms with E-state index in [1.165, 1.54) is 149 Å². The highest BCUT2D eigenvalue weighted by Crippen LogP contribution is 2.56. The van der Waals surface area contributed by atoms with Crippen molar-refractivity contribution in [1.82, 2.24) is 0 Å². The van der Waals surface area contributed by atoms with Crippen molar-refractivity contribution < 1.29 is 13.6 Å². The summed E-state index contributed by atoms with van der Waals surface area (Å²) in [6, 6.07) is 22.8. The molecule has 0 heterocycles. The molecule has 470 valence electrons. The van der Waals surface area contributed by atoms with Gasteiger partial charge in [0.2, 0.25) is 0 Å². The Morgan fingerprint density at radius 3 is 0.512 bits per heavy atom. The molecule has 0 fully saturated rings. The van der Waals surface area contributed by atoms with E-state index in [9.17, 15) is 0 Å². The molecule has 0 unspecified atom stereocenters. The molecule has 0 N–H and O–H groups in total. The molecule has 3 nitrogen and oxygen atoms in total. The zero-order valence-electron chi connectivity index (χ0n) is 57.8. The Bertz CT molecular complexity index is 1820. The fourth-order valence-electron chi connectivity index (χ4n) is 17.7. The highest BCUT2D eigenvalue weighted by molar-refractivity contribution is 7.43. The van der Waals surface area contributed by atoms with Gasteiger partial charge in [-0.1, -0.05) is 277 Å². The van der Waals surface area contributed by atoms with Gasteiger partial charge in [-0.15, -0.1) is 0 Å². The van der Waals surface area contributed by atoms with E-state index in [0.29, 0.717) is 0 Å². The minimum atomic E-state index is -2.04. The normalized spacial score (nSPS) is 12.9. The smallest absolute Gasteiger partial charge is 0.408 e. The first-order valence-corrected chi connectivity index (χ1v) is 37.1. The van der Waals surface area contributed by atoms with Crippen LogP contribution in [0.2, 0.25) is 0 Å². The summed E-state index contributed by atoms with van der Waals surface area (Å²) in [7, 11) is -2.04. The lowest BCUT2D eigenvalue weighted by Crippen LogP contribution is -2.31. The van der Waals surface area contributed by atoms with Crippen molar-refractivity contribution >= 4 is 8.60 Å². The molecule has 0 aliphatic carbocycles. The number of hydrogen-bond donors (Lipinski definition) is 0. The second kappa shape index (κ2) is 37.9. The van der Waals surface area contributed by atoms with Crippen LogP contribution in [0.5, 0.6) is 17.2 Å². The number of benzene rings is 3.